The average Bonchev–Trinajstić information content (AvgIpc) is 2.71. The largest absolute Gasteiger partial charge is 0.468 e. The minimum absolute atomic E-state index is 0.105. The Morgan fingerprint density at radius 2 is 2.08 bits per heavy atom. The van der Waals surface area contributed by atoms with Crippen LogP contribution < -0.4 is 0 Å². The predicted molar refractivity (Wildman–Crippen MR) is 45.2 cm³/mol. The highest BCUT2D eigenvalue weighted by Gasteiger charge is 2.26. The van der Waals surface area contributed by atoms with E-state index in [1.165, 1.54) is 0 Å². The number of carbonyl (C=O) groups excluding carboxylic acids is 1. The van der Waals surface area contributed by atoms with E-state index in [2.05, 4.69) is 5.16 Å². The maximum Gasteiger partial charge on any atom is 0.316 e. The monoisotopic (exact) mass is 184 g/mol. The molecule has 0 unspecified atom stereocenters. The van der Waals surface area contributed by atoms with Crippen LogP contribution in [-0.2, 0) is 14.4 Å². The van der Waals surface area contributed by atoms with Crippen LogP contribution in [0.4, 0.5) is 0 Å². The van der Waals surface area contributed by atoms with Gasteiger partial charge in [0.25, 0.3) is 0 Å². The quantitative estimate of drug-likeness (QED) is 0.575. The van der Waals surface area contributed by atoms with Crippen molar-refractivity contribution in [1.29, 1.82) is 0 Å². The second-order valence-electron chi connectivity index (χ2n) is 3.08. The predicted octanol–water partition coefficient (Wildman–Crippen LogP) is -0.0309. The molecule has 0 aromatic heterocycles. The van der Waals surface area contributed by atoms with Gasteiger partial charge in [0, 0.05) is 13.1 Å². The highest BCUT2D eigenvalue weighted by molar-refractivity contribution is 6.35. The Morgan fingerprint density at radius 3 is 2.69 bits per heavy atom. The summed E-state index contributed by atoms with van der Waals surface area (Å²) in [6.07, 6.45) is 2.14. The van der Waals surface area contributed by atoms with Crippen molar-refractivity contribution >= 4 is 11.8 Å². The molecule has 72 valence electrons. The summed E-state index contributed by atoms with van der Waals surface area (Å²) in [4.78, 5) is 18.1. The summed E-state index contributed by atoms with van der Waals surface area (Å²) < 4.78 is 5.09. The maximum absolute atomic E-state index is 11.6. The minimum atomic E-state index is -0.141. The molecule has 2 rings (SSSR count). The summed E-state index contributed by atoms with van der Waals surface area (Å²) in [6.45, 7) is 2.46. The summed E-state index contributed by atoms with van der Waals surface area (Å²) in [5.41, 5.74) is 0. The molecule has 1 amide bonds. The molecule has 5 nitrogen and oxygen atoms in total. The molecule has 0 saturated carbocycles. The van der Waals surface area contributed by atoms with Crippen molar-refractivity contribution in [2.75, 3.05) is 26.3 Å². The van der Waals surface area contributed by atoms with Crippen LogP contribution in [0.2, 0.25) is 0 Å². The lowest BCUT2D eigenvalue weighted by Gasteiger charge is -2.18. The smallest absolute Gasteiger partial charge is 0.316 e. The molecule has 0 aromatic rings. The number of amides is 1. The second-order valence-corrected chi connectivity index (χ2v) is 3.08. The lowest BCUT2D eigenvalue weighted by Crippen LogP contribution is -2.37. The molecule has 1 saturated heterocycles. The highest BCUT2D eigenvalue weighted by Crippen LogP contribution is 2.09. The van der Waals surface area contributed by atoms with Crippen LogP contribution in [0.15, 0.2) is 5.16 Å². The van der Waals surface area contributed by atoms with Gasteiger partial charge in [-0.15, -0.1) is 0 Å². The maximum atomic E-state index is 11.6. The van der Waals surface area contributed by atoms with Crippen molar-refractivity contribution in [1.82, 2.24) is 4.90 Å². The third-order valence-corrected chi connectivity index (χ3v) is 2.14. The Morgan fingerprint density at radius 1 is 1.31 bits per heavy atom. The molecule has 5 heteroatoms. The molecule has 0 N–H and O–H groups in total. The van der Waals surface area contributed by atoms with E-state index in [4.69, 9.17) is 9.57 Å². The van der Waals surface area contributed by atoms with E-state index in [0.717, 1.165) is 25.9 Å². The Hall–Kier alpha value is -1.26. The fraction of sp³-hybridized carbons (Fsp3) is 0.750. The van der Waals surface area contributed by atoms with E-state index < -0.39 is 0 Å². The van der Waals surface area contributed by atoms with Gasteiger partial charge in [-0.1, -0.05) is 0 Å². The molecule has 0 bridgehead atoms. The second kappa shape index (κ2) is 3.64. The van der Waals surface area contributed by atoms with Crippen molar-refractivity contribution in [3.63, 3.8) is 0 Å². The molecule has 2 aliphatic rings. The van der Waals surface area contributed by atoms with Gasteiger partial charge >= 0.3 is 11.8 Å². The molecule has 0 aromatic carbocycles. The molecule has 2 heterocycles. The SMILES string of the molecule is O=C(C1=NOCCO1)N1CCCC1. The normalized spacial score (nSPS) is 21.8. The number of ether oxygens (including phenoxy) is 1. The molecular weight excluding hydrogens is 172 g/mol. The topological polar surface area (TPSA) is 51.1 Å². The Kier molecular flexibility index (Phi) is 2.33. The van der Waals surface area contributed by atoms with Crippen LogP contribution in [0.1, 0.15) is 12.8 Å². The summed E-state index contributed by atoms with van der Waals surface area (Å²) in [5.74, 6) is -0.0367. The standard InChI is InChI=1S/C8H12N2O3/c11-8(10-3-1-2-4-10)7-9-13-6-5-12-7/h1-6H2. The van der Waals surface area contributed by atoms with Crippen LogP contribution in [-0.4, -0.2) is 43.0 Å². The summed E-state index contributed by atoms with van der Waals surface area (Å²) in [7, 11) is 0. The average molecular weight is 184 g/mol. The number of hydrogen-bond acceptors (Lipinski definition) is 4. The first-order chi connectivity index (χ1) is 6.38. The summed E-state index contributed by atoms with van der Waals surface area (Å²) in [5, 5.41) is 3.58. The van der Waals surface area contributed by atoms with Gasteiger partial charge in [-0.3, -0.25) is 4.79 Å². The van der Waals surface area contributed by atoms with E-state index in [0.29, 0.717) is 13.2 Å². The third kappa shape index (κ3) is 1.74. The fourth-order valence-corrected chi connectivity index (χ4v) is 1.46. The molecular formula is C8H12N2O3. The number of oxime groups is 1. The fourth-order valence-electron chi connectivity index (χ4n) is 1.46. The number of nitrogens with zero attached hydrogens (tertiary/aromatic N) is 2. The Labute approximate surface area is 76.3 Å². The van der Waals surface area contributed by atoms with Crippen molar-refractivity contribution in [3.8, 4) is 0 Å². The van der Waals surface area contributed by atoms with Crippen LogP contribution in [0.5, 0.6) is 0 Å². The van der Waals surface area contributed by atoms with Crippen molar-refractivity contribution in [3.05, 3.63) is 0 Å². The molecule has 0 aliphatic carbocycles. The number of likely N-dealkylation sites (tertiary alicyclic amines) is 1. The Balaban J connectivity index is 1.98. The zero-order valence-electron chi connectivity index (χ0n) is 7.36. The lowest BCUT2D eigenvalue weighted by atomic mass is 10.4. The van der Waals surface area contributed by atoms with Gasteiger partial charge in [-0.05, 0) is 18.0 Å². The molecule has 13 heavy (non-hydrogen) atoms. The van der Waals surface area contributed by atoms with Crippen LogP contribution >= 0.6 is 0 Å². The van der Waals surface area contributed by atoms with Crippen molar-refractivity contribution < 1.29 is 14.4 Å². The van der Waals surface area contributed by atoms with Gasteiger partial charge in [0.2, 0.25) is 0 Å². The van der Waals surface area contributed by atoms with Crippen LogP contribution in [0.3, 0.4) is 0 Å². The first-order valence-electron chi connectivity index (χ1n) is 4.50. The van der Waals surface area contributed by atoms with Gasteiger partial charge < -0.3 is 14.5 Å². The third-order valence-electron chi connectivity index (χ3n) is 2.14. The van der Waals surface area contributed by atoms with Crippen molar-refractivity contribution in [2.24, 2.45) is 5.16 Å². The first-order valence-corrected chi connectivity index (χ1v) is 4.50. The molecule has 1 fully saturated rings. The molecule has 0 atom stereocenters. The van der Waals surface area contributed by atoms with Gasteiger partial charge in [0.1, 0.15) is 6.61 Å². The number of hydrogen-bond donors (Lipinski definition) is 0. The lowest BCUT2D eigenvalue weighted by molar-refractivity contribution is -0.125. The molecule has 0 spiro atoms. The van der Waals surface area contributed by atoms with E-state index in [1.807, 2.05) is 0 Å². The van der Waals surface area contributed by atoms with Gasteiger partial charge in [0.15, 0.2) is 6.61 Å². The van der Waals surface area contributed by atoms with Gasteiger partial charge in [0.05, 0.1) is 0 Å². The summed E-state index contributed by atoms with van der Waals surface area (Å²) in [6, 6.07) is 0. The zero-order valence-corrected chi connectivity index (χ0v) is 7.36. The number of rotatable bonds is 1. The molecule has 0 radical (unpaired) electrons. The van der Waals surface area contributed by atoms with E-state index in [1.54, 1.807) is 4.90 Å². The Bertz CT molecular complexity index is 234. The van der Waals surface area contributed by atoms with Crippen LogP contribution in [0.25, 0.3) is 0 Å². The van der Waals surface area contributed by atoms with Gasteiger partial charge in [-0.25, -0.2) is 0 Å². The van der Waals surface area contributed by atoms with E-state index in [-0.39, 0.29) is 11.8 Å². The zero-order chi connectivity index (χ0) is 9.10. The summed E-state index contributed by atoms with van der Waals surface area (Å²) >= 11 is 0. The highest BCUT2D eigenvalue weighted by atomic mass is 16.7. The van der Waals surface area contributed by atoms with Crippen molar-refractivity contribution in [2.45, 2.75) is 12.8 Å². The first kappa shape index (κ1) is 8.34. The van der Waals surface area contributed by atoms with Gasteiger partial charge in [-0.2, -0.15) is 0 Å². The van der Waals surface area contributed by atoms with E-state index in [9.17, 15) is 4.79 Å². The minimum Gasteiger partial charge on any atom is -0.468 e. The number of carbonyl (C=O) groups is 1. The van der Waals surface area contributed by atoms with Crippen LogP contribution in [0, 0.1) is 0 Å². The molecule has 2 aliphatic heterocycles. The van der Waals surface area contributed by atoms with E-state index >= 15 is 0 Å².